The molecule has 2 heterocycles. The highest BCUT2D eigenvalue weighted by Crippen LogP contribution is 2.31. The van der Waals surface area contributed by atoms with Gasteiger partial charge in [0.15, 0.2) is 0 Å². The maximum Gasteiger partial charge on any atom is 0.322 e. The lowest BCUT2D eigenvalue weighted by Gasteiger charge is -2.15. The Balaban J connectivity index is 1.38. The normalized spacial score (nSPS) is 16.4. The molecular formula is C20H17ClN4O3. The van der Waals surface area contributed by atoms with Crippen LogP contribution in [-0.2, 0) is 16.0 Å². The third-order valence-corrected chi connectivity index (χ3v) is 4.76. The lowest BCUT2D eigenvalue weighted by molar-refractivity contribution is -0.117. The minimum Gasteiger partial charge on any atom is -0.407 e. The molecule has 1 atom stereocenters. The quantitative estimate of drug-likeness (QED) is 0.713. The van der Waals surface area contributed by atoms with E-state index in [4.69, 9.17) is 16.0 Å². The van der Waals surface area contributed by atoms with Crippen molar-refractivity contribution in [2.75, 3.05) is 16.8 Å². The largest absolute Gasteiger partial charge is 0.407 e. The second kappa shape index (κ2) is 7.82. The lowest BCUT2D eigenvalue weighted by Crippen LogP contribution is -2.24. The van der Waals surface area contributed by atoms with Gasteiger partial charge in [-0.25, -0.2) is 0 Å². The van der Waals surface area contributed by atoms with Gasteiger partial charge in [0.25, 0.3) is 0 Å². The molecule has 0 aliphatic carbocycles. The summed E-state index contributed by atoms with van der Waals surface area (Å²) in [6.07, 6.45) is 0.452. The van der Waals surface area contributed by atoms with E-state index in [2.05, 4.69) is 15.5 Å². The molecule has 7 nitrogen and oxygen atoms in total. The van der Waals surface area contributed by atoms with Gasteiger partial charge in [0.05, 0.1) is 12.3 Å². The van der Waals surface area contributed by atoms with Gasteiger partial charge in [-0.1, -0.05) is 47.0 Å². The third-order valence-electron chi connectivity index (χ3n) is 4.51. The Morgan fingerprint density at radius 3 is 2.64 bits per heavy atom. The molecule has 142 valence electrons. The second-order valence-corrected chi connectivity index (χ2v) is 6.97. The van der Waals surface area contributed by atoms with E-state index in [1.165, 1.54) is 0 Å². The van der Waals surface area contributed by atoms with E-state index in [1.54, 1.807) is 29.2 Å². The first kappa shape index (κ1) is 18.2. The lowest BCUT2D eigenvalue weighted by atomic mass is 10.1. The molecule has 0 saturated carbocycles. The van der Waals surface area contributed by atoms with E-state index >= 15 is 0 Å². The number of carbonyl (C=O) groups excluding carboxylic acids is 2. The molecule has 1 aromatic heterocycles. The molecule has 2 aromatic carbocycles. The van der Waals surface area contributed by atoms with Crippen LogP contribution in [0.4, 0.5) is 11.7 Å². The van der Waals surface area contributed by atoms with Crippen LogP contribution in [0.3, 0.4) is 0 Å². The zero-order valence-corrected chi connectivity index (χ0v) is 15.6. The zero-order chi connectivity index (χ0) is 19.5. The standard InChI is InChI=1S/C20H17ClN4O3/c21-15-8-6-13(7-9-15)10-17(26)22-20-24-23-19(28-20)14-11-18(27)25(12-14)16-4-2-1-3-5-16/h1-9,14H,10-12H2,(H,22,24,26)/t14-/m0/s1. The summed E-state index contributed by atoms with van der Waals surface area (Å²) in [7, 11) is 0. The van der Waals surface area contributed by atoms with Crippen molar-refractivity contribution in [1.82, 2.24) is 10.2 Å². The van der Waals surface area contributed by atoms with Gasteiger partial charge in [-0.2, -0.15) is 0 Å². The second-order valence-electron chi connectivity index (χ2n) is 6.54. The van der Waals surface area contributed by atoms with Crippen LogP contribution in [0.5, 0.6) is 0 Å². The van der Waals surface area contributed by atoms with E-state index in [1.807, 2.05) is 30.3 Å². The summed E-state index contributed by atoms with van der Waals surface area (Å²) in [4.78, 5) is 26.2. The van der Waals surface area contributed by atoms with Crippen LogP contribution in [0.15, 0.2) is 59.0 Å². The van der Waals surface area contributed by atoms with Crippen molar-refractivity contribution in [3.8, 4) is 0 Å². The molecule has 0 bridgehead atoms. The van der Waals surface area contributed by atoms with Gasteiger partial charge in [-0.15, -0.1) is 5.10 Å². The van der Waals surface area contributed by atoms with Crippen molar-refractivity contribution in [2.24, 2.45) is 0 Å². The molecule has 1 saturated heterocycles. The number of rotatable bonds is 5. The maximum atomic E-state index is 12.3. The summed E-state index contributed by atoms with van der Waals surface area (Å²) in [5.74, 6) is -0.135. The third kappa shape index (κ3) is 4.04. The molecule has 1 aliphatic rings. The highest BCUT2D eigenvalue weighted by atomic mass is 35.5. The predicted molar refractivity (Wildman–Crippen MR) is 104 cm³/mol. The van der Waals surface area contributed by atoms with Gasteiger partial charge in [0.2, 0.25) is 17.7 Å². The van der Waals surface area contributed by atoms with Gasteiger partial charge in [-0.3, -0.25) is 14.9 Å². The average molecular weight is 397 g/mol. The minimum atomic E-state index is -0.272. The van der Waals surface area contributed by atoms with Crippen molar-refractivity contribution >= 4 is 35.1 Å². The topological polar surface area (TPSA) is 88.3 Å². The zero-order valence-electron chi connectivity index (χ0n) is 14.8. The van der Waals surface area contributed by atoms with Crippen LogP contribution in [0.25, 0.3) is 0 Å². The monoisotopic (exact) mass is 396 g/mol. The first-order valence-electron chi connectivity index (χ1n) is 8.81. The minimum absolute atomic E-state index is 0.00252. The number of halogens is 1. The number of aromatic nitrogens is 2. The van der Waals surface area contributed by atoms with Crippen molar-refractivity contribution in [1.29, 1.82) is 0 Å². The van der Waals surface area contributed by atoms with Crippen LogP contribution in [0.2, 0.25) is 5.02 Å². The Bertz CT molecular complexity index is 988. The SMILES string of the molecule is O=C(Cc1ccc(Cl)cc1)Nc1nnc([C@H]2CC(=O)N(c3ccccc3)C2)o1. The van der Waals surface area contributed by atoms with Crippen molar-refractivity contribution < 1.29 is 14.0 Å². The molecule has 2 amide bonds. The Morgan fingerprint density at radius 2 is 1.89 bits per heavy atom. The Morgan fingerprint density at radius 1 is 1.14 bits per heavy atom. The van der Waals surface area contributed by atoms with Crippen LogP contribution >= 0.6 is 11.6 Å². The molecule has 3 aromatic rings. The molecule has 0 spiro atoms. The van der Waals surface area contributed by atoms with Gasteiger partial charge in [0, 0.05) is 23.7 Å². The number of hydrogen-bond donors (Lipinski definition) is 1. The molecule has 0 unspecified atom stereocenters. The number of benzene rings is 2. The Hall–Kier alpha value is -3.19. The molecule has 28 heavy (non-hydrogen) atoms. The highest BCUT2D eigenvalue weighted by molar-refractivity contribution is 6.30. The Labute approximate surface area is 166 Å². The van der Waals surface area contributed by atoms with E-state index in [0.29, 0.717) is 17.5 Å². The van der Waals surface area contributed by atoms with Gasteiger partial charge in [-0.05, 0) is 29.8 Å². The van der Waals surface area contributed by atoms with Crippen LogP contribution in [0, 0.1) is 0 Å². The summed E-state index contributed by atoms with van der Waals surface area (Å²) < 4.78 is 5.57. The number of hydrogen-bond acceptors (Lipinski definition) is 5. The van der Waals surface area contributed by atoms with Gasteiger partial charge < -0.3 is 9.32 Å². The maximum absolute atomic E-state index is 12.3. The van der Waals surface area contributed by atoms with Crippen LogP contribution in [-0.4, -0.2) is 28.6 Å². The summed E-state index contributed by atoms with van der Waals surface area (Å²) in [5.41, 5.74) is 1.66. The fraction of sp³-hybridized carbons (Fsp3) is 0.200. The summed E-state index contributed by atoms with van der Waals surface area (Å²) in [6.45, 7) is 0.462. The number of para-hydroxylation sites is 1. The average Bonchev–Trinajstić information content (AvgIpc) is 3.31. The summed E-state index contributed by atoms with van der Waals surface area (Å²) in [6, 6.07) is 16.5. The van der Waals surface area contributed by atoms with Crippen LogP contribution in [0.1, 0.15) is 23.8 Å². The van der Waals surface area contributed by atoms with E-state index in [0.717, 1.165) is 11.3 Å². The first-order valence-corrected chi connectivity index (χ1v) is 9.19. The number of anilines is 2. The van der Waals surface area contributed by atoms with Crippen molar-refractivity contribution in [3.05, 3.63) is 71.1 Å². The van der Waals surface area contributed by atoms with E-state index in [9.17, 15) is 9.59 Å². The molecule has 4 rings (SSSR count). The highest BCUT2D eigenvalue weighted by Gasteiger charge is 2.35. The van der Waals surface area contributed by atoms with Gasteiger partial charge >= 0.3 is 6.01 Å². The van der Waals surface area contributed by atoms with Crippen LogP contribution < -0.4 is 10.2 Å². The molecule has 0 radical (unpaired) electrons. The number of amides is 2. The van der Waals surface area contributed by atoms with Crippen molar-refractivity contribution in [3.63, 3.8) is 0 Å². The number of nitrogens with zero attached hydrogens (tertiary/aromatic N) is 3. The first-order chi connectivity index (χ1) is 13.6. The predicted octanol–water partition coefficient (Wildman–Crippen LogP) is 3.42. The molecule has 8 heteroatoms. The fourth-order valence-electron chi connectivity index (χ4n) is 3.13. The Kier molecular flexibility index (Phi) is 5.08. The van der Waals surface area contributed by atoms with Gasteiger partial charge in [0.1, 0.15) is 0 Å². The molecule has 1 aliphatic heterocycles. The molecule has 1 N–H and O–H groups in total. The number of nitrogens with one attached hydrogen (secondary N) is 1. The van der Waals surface area contributed by atoms with E-state index in [-0.39, 0.29) is 36.6 Å². The summed E-state index contributed by atoms with van der Waals surface area (Å²) >= 11 is 5.84. The smallest absolute Gasteiger partial charge is 0.322 e. The van der Waals surface area contributed by atoms with E-state index < -0.39 is 0 Å². The molecular weight excluding hydrogens is 380 g/mol. The molecule has 1 fully saturated rings. The number of carbonyl (C=O) groups is 2. The van der Waals surface area contributed by atoms with Crippen molar-refractivity contribution in [2.45, 2.75) is 18.8 Å². The summed E-state index contributed by atoms with van der Waals surface area (Å²) in [5, 5.41) is 11.1. The fourth-order valence-corrected chi connectivity index (χ4v) is 3.26.